The Balaban J connectivity index is 1.75. The van der Waals surface area contributed by atoms with Crippen molar-refractivity contribution in [3.8, 4) is 0 Å². The van der Waals surface area contributed by atoms with E-state index in [-0.39, 0.29) is 0 Å². The lowest BCUT2D eigenvalue weighted by Crippen LogP contribution is -2.39. The van der Waals surface area contributed by atoms with Gasteiger partial charge in [0, 0.05) is 11.3 Å². The lowest BCUT2D eigenvalue weighted by Gasteiger charge is -2.21. The van der Waals surface area contributed by atoms with Crippen molar-refractivity contribution in [1.29, 1.82) is 0 Å². The van der Waals surface area contributed by atoms with Crippen molar-refractivity contribution in [2.45, 2.75) is 12.2 Å². The Bertz CT molecular complexity index is 667. The minimum atomic E-state index is -1.05. The average molecular weight is 302 g/mol. The van der Waals surface area contributed by atoms with Gasteiger partial charge in [-0.25, -0.2) is 0 Å². The number of nitrogens with two attached hydrogens (primary N) is 1. The molecule has 4 atom stereocenters. The fourth-order valence-corrected chi connectivity index (χ4v) is 2.86. The summed E-state index contributed by atoms with van der Waals surface area (Å²) >= 11 is 0. The third-order valence-corrected chi connectivity index (χ3v) is 3.92. The monoisotopic (exact) mass is 302 g/mol. The first-order chi connectivity index (χ1) is 10.5. The fraction of sp³-hybridized carbons (Fsp3) is 0.267. The second kappa shape index (κ2) is 5.27. The number of hydrogen-bond donors (Lipinski definition) is 3. The predicted molar refractivity (Wildman–Crippen MR) is 76.0 cm³/mol. The molecule has 2 bridgehead atoms. The maximum atomic E-state index is 12.4. The molecular formula is C15H14N2O5. The Labute approximate surface area is 125 Å². The fourth-order valence-electron chi connectivity index (χ4n) is 2.86. The quantitative estimate of drug-likeness (QED) is 0.695. The number of nitrogens with one attached hydrogen (secondary N) is 1. The molecule has 3 rings (SSSR count). The molecule has 2 amide bonds. The van der Waals surface area contributed by atoms with Gasteiger partial charge in [0.15, 0.2) is 0 Å². The number of carbonyl (C=O) groups is 3. The van der Waals surface area contributed by atoms with Crippen LogP contribution in [0.25, 0.3) is 0 Å². The zero-order chi connectivity index (χ0) is 15.9. The van der Waals surface area contributed by atoms with Gasteiger partial charge in [0.25, 0.3) is 0 Å². The molecule has 7 heteroatoms. The second-order valence-electron chi connectivity index (χ2n) is 5.27. The molecule has 2 heterocycles. The molecule has 4 N–H and O–H groups in total. The van der Waals surface area contributed by atoms with Crippen molar-refractivity contribution in [2.24, 2.45) is 17.6 Å². The number of carboxylic acids is 1. The average Bonchev–Trinajstić information content (AvgIpc) is 3.08. The van der Waals surface area contributed by atoms with Crippen LogP contribution in [0.2, 0.25) is 0 Å². The van der Waals surface area contributed by atoms with E-state index < -0.39 is 41.8 Å². The van der Waals surface area contributed by atoms with Gasteiger partial charge < -0.3 is 20.9 Å². The van der Waals surface area contributed by atoms with E-state index in [9.17, 15) is 19.5 Å². The van der Waals surface area contributed by atoms with E-state index in [1.807, 2.05) is 0 Å². The molecule has 1 aromatic rings. The number of hydrogen-bond acceptors (Lipinski definition) is 4. The summed E-state index contributed by atoms with van der Waals surface area (Å²) in [5, 5.41) is 11.9. The van der Waals surface area contributed by atoms with Crippen LogP contribution in [0.3, 0.4) is 0 Å². The van der Waals surface area contributed by atoms with E-state index in [0.717, 1.165) is 0 Å². The van der Waals surface area contributed by atoms with Crippen molar-refractivity contribution >= 4 is 23.5 Å². The Kier molecular flexibility index (Phi) is 3.42. The van der Waals surface area contributed by atoms with Gasteiger partial charge in [-0.15, -0.1) is 0 Å². The van der Waals surface area contributed by atoms with Crippen LogP contribution in [0.1, 0.15) is 10.4 Å². The first-order valence-electron chi connectivity index (χ1n) is 6.74. The zero-order valence-electron chi connectivity index (χ0n) is 11.4. The van der Waals surface area contributed by atoms with Crippen LogP contribution in [-0.2, 0) is 14.3 Å². The van der Waals surface area contributed by atoms with Gasteiger partial charge >= 0.3 is 5.97 Å². The molecule has 0 aromatic heterocycles. The molecule has 0 spiro atoms. The number of carboxylic acid groups (broad SMARTS) is 1. The smallest absolute Gasteiger partial charge is 0.310 e. The minimum absolute atomic E-state index is 0.326. The molecule has 7 nitrogen and oxygen atoms in total. The molecule has 0 saturated carbocycles. The number of rotatable bonds is 4. The summed E-state index contributed by atoms with van der Waals surface area (Å²) in [7, 11) is 0. The van der Waals surface area contributed by atoms with Gasteiger partial charge in [-0.1, -0.05) is 12.2 Å². The van der Waals surface area contributed by atoms with Crippen molar-refractivity contribution in [2.75, 3.05) is 5.32 Å². The number of primary amides is 1. The van der Waals surface area contributed by atoms with Crippen LogP contribution in [0.15, 0.2) is 36.4 Å². The van der Waals surface area contributed by atoms with Gasteiger partial charge in [-0.2, -0.15) is 0 Å². The van der Waals surface area contributed by atoms with Crippen LogP contribution >= 0.6 is 0 Å². The molecule has 1 aromatic carbocycles. The van der Waals surface area contributed by atoms with Crippen molar-refractivity contribution < 1.29 is 24.2 Å². The van der Waals surface area contributed by atoms with E-state index in [4.69, 9.17) is 10.5 Å². The molecular weight excluding hydrogens is 288 g/mol. The highest BCUT2D eigenvalue weighted by Crippen LogP contribution is 2.39. The molecule has 0 aliphatic carbocycles. The number of benzene rings is 1. The lowest BCUT2D eigenvalue weighted by atomic mass is 9.82. The Morgan fingerprint density at radius 1 is 1.05 bits per heavy atom. The lowest BCUT2D eigenvalue weighted by molar-refractivity contribution is -0.145. The Hall–Kier alpha value is -2.67. The summed E-state index contributed by atoms with van der Waals surface area (Å²) in [4.78, 5) is 34.7. The summed E-state index contributed by atoms with van der Waals surface area (Å²) in [6, 6.07) is 6.06. The van der Waals surface area contributed by atoms with Gasteiger partial charge in [0.1, 0.15) is 5.92 Å². The summed E-state index contributed by atoms with van der Waals surface area (Å²) in [5.41, 5.74) is 5.93. The SMILES string of the molecule is NC(=O)c1ccc(NC(=O)[C@@H]2[C@H](C(=O)O)[C@H]3C=C[C@H]2O3)cc1. The number of ether oxygens (including phenoxy) is 1. The van der Waals surface area contributed by atoms with Crippen LogP contribution in [0, 0.1) is 11.8 Å². The van der Waals surface area contributed by atoms with Gasteiger partial charge in [-0.3, -0.25) is 14.4 Å². The molecule has 114 valence electrons. The first kappa shape index (κ1) is 14.3. The van der Waals surface area contributed by atoms with Crippen molar-refractivity contribution in [1.82, 2.24) is 0 Å². The Morgan fingerprint density at radius 3 is 2.18 bits per heavy atom. The third kappa shape index (κ3) is 2.35. The highest BCUT2D eigenvalue weighted by Gasteiger charge is 2.53. The summed E-state index contributed by atoms with van der Waals surface area (Å²) in [5.74, 6) is -3.70. The third-order valence-electron chi connectivity index (χ3n) is 3.92. The van der Waals surface area contributed by atoms with Crippen LogP contribution in [-0.4, -0.2) is 35.1 Å². The van der Waals surface area contributed by atoms with E-state index in [1.165, 1.54) is 24.3 Å². The number of fused-ring (bicyclic) bond motifs is 2. The molecule has 2 aliphatic rings. The second-order valence-corrected chi connectivity index (χ2v) is 5.27. The summed E-state index contributed by atoms with van der Waals surface area (Å²) < 4.78 is 5.45. The topological polar surface area (TPSA) is 119 Å². The molecule has 1 saturated heterocycles. The first-order valence-corrected chi connectivity index (χ1v) is 6.74. The van der Waals surface area contributed by atoms with Crippen molar-refractivity contribution in [3.63, 3.8) is 0 Å². The molecule has 0 radical (unpaired) electrons. The van der Waals surface area contributed by atoms with E-state index in [2.05, 4.69) is 5.32 Å². The highest BCUT2D eigenvalue weighted by molar-refractivity contribution is 5.97. The van der Waals surface area contributed by atoms with Crippen molar-refractivity contribution in [3.05, 3.63) is 42.0 Å². The zero-order valence-corrected chi connectivity index (χ0v) is 11.4. The highest BCUT2D eigenvalue weighted by atomic mass is 16.5. The number of anilines is 1. The van der Waals surface area contributed by atoms with Gasteiger partial charge in [0.05, 0.1) is 18.1 Å². The minimum Gasteiger partial charge on any atom is -0.481 e. The molecule has 0 unspecified atom stereocenters. The van der Waals surface area contributed by atoms with Crippen LogP contribution in [0.5, 0.6) is 0 Å². The standard InChI is InChI=1S/C15H14N2O5/c16-13(18)7-1-3-8(4-2-7)17-14(19)11-9-5-6-10(22-9)12(11)15(20)21/h1-6,9-12H,(H2,16,18)(H,17,19)(H,20,21)/t9-,10-,11+,12-/m1/s1. The van der Waals surface area contributed by atoms with E-state index in [0.29, 0.717) is 11.3 Å². The molecule has 1 fully saturated rings. The normalized spacial score (nSPS) is 28.5. The number of carbonyl (C=O) groups excluding carboxylic acids is 2. The Morgan fingerprint density at radius 2 is 1.64 bits per heavy atom. The maximum Gasteiger partial charge on any atom is 0.310 e. The van der Waals surface area contributed by atoms with E-state index >= 15 is 0 Å². The predicted octanol–water partition coefficient (Wildman–Crippen LogP) is 0.378. The largest absolute Gasteiger partial charge is 0.481 e. The van der Waals surface area contributed by atoms with Crippen LogP contribution in [0.4, 0.5) is 5.69 Å². The number of aliphatic carboxylic acids is 1. The number of amides is 2. The molecule has 2 aliphatic heterocycles. The van der Waals surface area contributed by atoms with Gasteiger partial charge in [-0.05, 0) is 24.3 Å². The van der Waals surface area contributed by atoms with Crippen LogP contribution < -0.4 is 11.1 Å². The summed E-state index contributed by atoms with van der Waals surface area (Å²) in [6.45, 7) is 0. The maximum absolute atomic E-state index is 12.4. The van der Waals surface area contributed by atoms with E-state index in [1.54, 1.807) is 12.2 Å². The van der Waals surface area contributed by atoms with Gasteiger partial charge in [0.2, 0.25) is 11.8 Å². The summed E-state index contributed by atoms with van der Waals surface area (Å²) in [6.07, 6.45) is 2.31. The molecule has 22 heavy (non-hydrogen) atoms.